The summed E-state index contributed by atoms with van der Waals surface area (Å²) in [6.45, 7) is 2.02. The molecule has 0 fully saturated rings. The van der Waals surface area contributed by atoms with Crippen LogP contribution in [0.3, 0.4) is 0 Å². The maximum Gasteiger partial charge on any atom is 0.257 e. The second-order valence-electron chi connectivity index (χ2n) is 4.98. The van der Waals surface area contributed by atoms with E-state index in [1.54, 1.807) is 36.0 Å². The lowest BCUT2D eigenvalue weighted by Crippen LogP contribution is -2.13. The van der Waals surface area contributed by atoms with Gasteiger partial charge in [-0.1, -0.05) is 64.7 Å². The highest BCUT2D eigenvalue weighted by Gasteiger charge is 2.13. The number of halogens is 1. The van der Waals surface area contributed by atoms with Gasteiger partial charge in [0, 0.05) is 10.6 Å². The summed E-state index contributed by atoms with van der Waals surface area (Å²) < 4.78 is 1.39. The Labute approximate surface area is 181 Å². The first kappa shape index (κ1) is 21.0. The van der Waals surface area contributed by atoms with Crippen LogP contribution in [-0.4, -0.2) is 43.7 Å². The van der Waals surface area contributed by atoms with Gasteiger partial charge in [-0.05, 0) is 30.0 Å². The molecule has 2 N–H and O–H groups in total. The summed E-state index contributed by atoms with van der Waals surface area (Å²) in [6.07, 6.45) is 0. The van der Waals surface area contributed by atoms with E-state index in [4.69, 9.17) is 11.6 Å². The molecule has 2 heterocycles. The number of carbonyl (C=O) groups excluding carboxylic acids is 2. The molecule has 0 aliphatic carbocycles. The molecular formula is C15H13ClN6O2S4. The Kier molecular flexibility index (Phi) is 7.62. The molecule has 13 heteroatoms. The number of anilines is 2. The molecule has 0 saturated carbocycles. The molecule has 28 heavy (non-hydrogen) atoms. The third-order valence-corrected chi connectivity index (χ3v) is 7.06. The Morgan fingerprint density at radius 3 is 2.21 bits per heavy atom. The molecule has 0 bridgehead atoms. The molecule has 0 saturated heterocycles. The fourth-order valence-electron chi connectivity index (χ4n) is 1.81. The molecule has 0 radical (unpaired) electrons. The van der Waals surface area contributed by atoms with E-state index in [1.807, 2.05) is 6.92 Å². The zero-order valence-corrected chi connectivity index (χ0v) is 18.4. The molecule has 2 aromatic heterocycles. The van der Waals surface area contributed by atoms with Gasteiger partial charge in [0.05, 0.1) is 5.75 Å². The molecule has 0 atom stereocenters. The summed E-state index contributed by atoms with van der Waals surface area (Å²) in [4.78, 5) is 24.2. The van der Waals surface area contributed by atoms with Gasteiger partial charge in [-0.3, -0.25) is 20.2 Å². The van der Waals surface area contributed by atoms with E-state index in [2.05, 4.69) is 31.0 Å². The average molecular weight is 473 g/mol. The Morgan fingerprint density at radius 2 is 1.57 bits per heavy atom. The minimum Gasteiger partial charge on any atom is -0.300 e. The van der Waals surface area contributed by atoms with Crippen LogP contribution in [0.4, 0.5) is 10.3 Å². The van der Waals surface area contributed by atoms with Crippen molar-refractivity contribution in [2.45, 2.75) is 15.6 Å². The van der Waals surface area contributed by atoms with Gasteiger partial charge in [0.25, 0.3) is 5.91 Å². The molecule has 1 aromatic carbocycles. The zero-order valence-electron chi connectivity index (χ0n) is 14.3. The van der Waals surface area contributed by atoms with Crippen LogP contribution >= 0.6 is 57.8 Å². The van der Waals surface area contributed by atoms with Crippen molar-refractivity contribution in [3.05, 3.63) is 34.9 Å². The van der Waals surface area contributed by atoms with Crippen LogP contribution < -0.4 is 10.6 Å². The molecule has 3 rings (SSSR count). The molecule has 0 aliphatic rings. The molecule has 146 valence electrons. The van der Waals surface area contributed by atoms with Crippen LogP contribution in [0.1, 0.15) is 17.3 Å². The van der Waals surface area contributed by atoms with Crippen molar-refractivity contribution < 1.29 is 9.59 Å². The number of amides is 2. The number of hydrogen-bond donors (Lipinski definition) is 2. The van der Waals surface area contributed by atoms with Crippen LogP contribution in [0, 0.1) is 0 Å². The summed E-state index contributed by atoms with van der Waals surface area (Å²) in [6, 6.07) is 6.52. The van der Waals surface area contributed by atoms with E-state index in [-0.39, 0.29) is 17.6 Å². The smallest absolute Gasteiger partial charge is 0.257 e. The van der Waals surface area contributed by atoms with Gasteiger partial charge in [0.15, 0.2) is 8.68 Å². The van der Waals surface area contributed by atoms with Gasteiger partial charge in [0.1, 0.15) is 0 Å². The second kappa shape index (κ2) is 10.2. The van der Waals surface area contributed by atoms with Gasteiger partial charge < -0.3 is 0 Å². The van der Waals surface area contributed by atoms with Crippen molar-refractivity contribution >= 4 is 79.9 Å². The summed E-state index contributed by atoms with van der Waals surface area (Å²) in [5.41, 5.74) is 0.464. The number of nitrogens with zero attached hydrogens (tertiary/aromatic N) is 4. The number of aromatic nitrogens is 4. The van der Waals surface area contributed by atoms with Gasteiger partial charge >= 0.3 is 0 Å². The molecule has 0 aliphatic heterocycles. The standard InChI is InChI=1S/C15H13ClN6O2S4/c1-2-25-14-21-19-12(27-14)17-10(23)7-26-15-22-20-13(28-15)18-11(24)8-3-5-9(16)6-4-8/h3-6H,2,7H2,1H3,(H,17,19,23)(H,18,20,24). The monoisotopic (exact) mass is 472 g/mol. The first-order valence-electron chi connectivity index (χ1n) is 7.83. The maximum absolute atomic E-state index is 12.2. The van der Waals surface area contributed by atoms with Crippen LogP contribution in [0.2, 0.25) is 5.02 Å². The molecule has 0 unspecified atom stereocenters. The Balaban J connectivity index is 1.48. The first-order chi connectivity index (χ1) is 13.5. The normalized spacial score (nSPS) is 10.6. The summed E-state index contributed by atoms with van der Waals surface area (Å²) in [5.74, 6) is 0.525. The predicted octanol–water partition coefficient (Wildman–Crippen LogP) is 4.14. The average Bonchev–Trinajstić information content (AvgIpc) is 3.30. The predicted molar refractivity (Wildman–Crippen MR) is 115 cm³/mol. The molecule has 0 spiro atoms. The third kappa shape index (κ3) is 6.14. The van der Waals surface area contributed by atoms with Crippen molar-refractivity contribution in [2.24, 2.45) is 0 Å². The quantitative estimate of drug-likeness (QED) is 0.372. The van der Waals surface area contributed by atoms with Gasteiger partial charge in [-0.2, -0.15) is 0 Å². The van der Waals surface area contributed by atoms with Crippen molar-refractivity contribution in [2.75, 3.05) is 22.1 Å². The van der Waals surface area contributed by atoms with E-state index in [0.717, 1.165) is 10.1 Å². The molecule has 8 nitrogen and oxygen atoms in total. The maximum atomic E-state index is 12.2. The lowest BCUT2D eigenvalue weighted by atomic mass is 10.2. The number of rotatable bonds is 8. The largest absolute Gasteiger partial charge is 0.300 e. The summed E-state index contributed by atoms with van der Waals surface area (Å²) in [5, 5.41) is 22.5. The highest BCUT2D eigenvalue weighted by Crippen LogP contribution is 2.27. The Hall–Kier alpha value is -1.73. The zero-order chi connectivity index (χ0) is 19.9. The molecule has 2 amide bonds. The number of benzene rings is 1. The summed E-state index contributed by atoms with van der Waals surface area (Å²) >= 11 is 11.1. The third-order valence-electron chi connectivity index (χ3n) is 2.98. The number of thioether (sulfide) groups is 2. The van der Waals surface area contributed by atoms with Crippen molar-refractivity contribution in [3.63, 3.8) is 0 Å². The second-order valence-corrected chi connectivity index (χ2v) is 10.1. The Bertz CT molecular complexity index is 962. The minimum atomic E-state index is -0.306. The highest BCUT2D eigenvalue weighted by molar-refractivity contribution is 8.01. The SMILES string of the molecule is CCSc1nnc(NC(=O)CSc2nnc(NC(=O)c3ccc(Cl)cc3)s2)s1. The fourth-order valence-corrected chi connectivity index (χ4v) is 5.15. The van der Waals surface area contributed by atoms with E-state index in [0.29, 0.717) is 25.2 Å². The van der Waals surface area contributed by atoms with Gasteiger partial charge in [-0.15, -0.1) is 20.4 Å². The molecule has 3 aromatic rings. The van der Waals surface area contributed by atoms with Gasteiger partial charge in [-0.25, -0.2) is 0 Å². The highest BCUT2D eigenvalue weighted by atomic mass is 35.5. The van der Waals surface area contributed by atoms with Crippen LogP contribution in [0.15, 0.2) is 32.9 Å². The number of hydrogen-bond acceptors (Lipinski definition) is 10. The minimum absolute atomic E-state index is 0.148. The first-order valence-corrected chi connectivity index (χ1v) is 11.8. The van der Waals surface area contributed by atoms with Crippen molar-refractivity contribution in [1.29, 1.82) is 0 Å². The summed E-state index contributed by atoms with van der Waals surface area (Å²) in [7, 11) is 0. The van der Waals surface area contributed by atoms with Crippen LogP contribution in [-0.2, 0) is 4.79 Å². The fraction of sp³-hybridized carbons (Fsp3) is 0.200. The number of nitrogens with one attached hydrogen (secondary N) is 2. The van der Waals surface area contributed by atoms with E-state index in [1.165, 1.54) is 34.4 Å². The van der Waals surface area contributed by atoms with Crippen LogP contribution in [0.25, 0.3) is 0 Å². The van der Waals surface area contributed by atoms with Gasteiger partial charge in [0.2, 0.25) is 16.2 Å². The number of carbonyl (C=O) groups is 2. The van der Waals surface area contributed by atoms with E-state index < -0.39 is 0 Å². The lowest BCUT2D eigenvalue weighted by molar-refractivity contribution is -0.113. The van der Waals surface area contributed by atoms with Crippen molar-refractivity contribution in [3.8, 4) is 0 Å². The van der Waals surface area contributed by atoms with Crippen LogP contribution in [0.5, 0.6) is 0 Å². The topological polar surface area (TPSA) is 110 Å². The van der Waals surface area contributed by atoms with E-state index in [9.17, 15) is 9.59 Å². The van der Waals surface area contributed by atoms with Crippen molar-refractivity contribution in [1.82, 2.24) is 20.4 Å². The Morgan fingerprint density at radius 1 is 0.964 bits per heavy atom. The van der Waals surface area contributed by atoms with E-state index >= 15 is 0 Å². The lowest BCUT2D eigenvalue weighted by Gasteiger charge is -2.00. The molecular weight excluding hydrogens is 460 g/mol.